The maximum Gasteiger partial charge on any atom is 0.522 e. The molecule has 0 radical (unpaired) electrons. The number of fused-ring (bicyclic) bond motifs is 1. The second-order valence-electron chi connectivity index (χ2n) is 9.09. The Balaban J connectivity index is 1.26. The zero-order valence-electron chi connectivity index (χ0n) is 19.2. The number of hydrogen-bond acceptors (Lipinski definition) is 8. The summed E-state index contributed by atoms with van der Waals surface area (Å²) in [5.41, 5.74) is 0.990. The van der Waals surface area contributed by atoms with Crippen LogP contribution >= 0.6 is 0 Å². The van der Waals surface area contributed by atoms with Crippen LogP contribution in [0.25, 0.3) is 5.52 Å². The first-order valence-electron chi connectivity index (χ1n) is 11.1. The minimum Gasteiger partial charge on any atom is -0.441 e. The lowest BCUT2D eigenvalue weighted by Crippen LogP contribution is -2.39. The molecule has 1 amide bonds. The quantitative estimate of drug-likeness (QED) is 0.409. The van der Waals surface area contributed by atoms with Gasteiger partial charge in [-0.25, -0.2) is 18.7 Å². The molecule has 3 N–H and O–H groups in total. The predicted molar refractivity (Wildman–Crippen MR) is 115 cm³/mol. The molecule has 0 bridgehead atoms. The van der Waals surface area contributed by atoms with E-state index in [0.717, 1.165) is 12.8 Å². The number of carbonyl (C=O) groups is 1. The van der Waals surface area contributed by atoms with Crippen LogP contribution in [0.15, 0.2) is 18.3 Å². The minimum atomic E-state index is -4.78. The van der Waals surface area contributed by atoms with Crippen molar-refractivity contribution in [3.8, 4) is 0 Å². The van der Waals surface area contributed by atoms with E-state index < -0.39 is 37.4 Å². The molecule has 3 atom stereocenters. The number of halogens is 4. The number of alkyl halides is 4. The molecule has 2 aliphatic rings. The van der Waals surface area contributed by atoms with Crippen molar-refractivity contribution in [2.24, 2.45) is 0 Å². The third kappa shape index (κ3) is 5.36. The molecule has 3 aromatic heterocycles. The second kappa shape index (κ2) is 8.89. The van der Waals surface area contributed by atoms with E-state index in [4.69, 9.17) is 9.47 Å². The lowest BCUT2D eigenvalue weighted by Gasteiger charge is -2.17. The first-order valence-corrected chi connectivity index (χ1v) is 11.1. The van der Waals surface area contributed by atoms with E-state index in [1.54, 1.807) is 13.1 Å². The predicted octanol–water partition coefficient (Wildman–Crippen LogP) is 3.60. The number of nitrogens with zero attached hydrogens (tertiary/aromatic N) is 4. The number of anilines is 2. The summed E-state index contributed by atoms with van der Waals surface area (Å²) in [6.45, 7) is 2.70. The number of aryl methyl sites for hydroxylation is 1. The smallest absolute Gasteiger partial charge is 0.441 e. The first-order chi connectivity index (χ1) is 17.0. The number of alkyl carbamates (subject to hydrolysis) is 1. The van der Waals surface area contributed by atoms with Gasteiger partial charge in [-0.05, 0) is 32.8 Å². The number of nitrogens with one attached hydrogen (secondary N) is 3. The van der Waals surface area contributed by atoms with Crippen molar-refractivity contribution in [3.05, 3.63) is 35.4 Å². The SMILES string of the molecule is Cc1cn2nc(COC(F)(F)F)cc2c(Nc2cc([C@H]3OC[C@@H](OC(=O)NC4(C)CC4)[C@H]3F)[nH]n2)n1. The van der Waals surface area contributed by atoms with Gasteiger partial charge in [0, 0.05) is 11.6 Å². The van der Waals surface area contributed by atoms with Crippen LogP contribution in [0.1, 0.15) is 43.0 Å². The summed E-state index contributed by atoms with van der Waals surface area (Å²) in [6, 6.07) is 2.91. The summed E-state index contributed by atoms with van der Waals surface area (Å²) in [4.78, 5) is 16.4. The molecule has 1 saturated carbocycles. The summed E-state index contributed by atoms with van der Waals surface area (Å²) in [5, 5.41) is 16.5. The molecule has 4 heterocycles. The molecule has 5 rings (SSSR count). The van der Waals surface area contributed by atoms with E-state index in [1.165, 1.54) is 16.6 Å². The zero-order valence-corrected chi connectivity index (χ0v) is 19.2. The van der Waals surface area contributed by atoms with Gasteiger partial charge in [-0.1, -0.05) is 0 Å². The molecule has 0 spiro atoms. The average Bonchev–Trinajstić information content (AvgIpc) is 3.12. The molecule has 194 valence electrons. The van der Waals surface area contributed by atoms with Crippen LogP contribution in [0, 0.1) is 6.92 Å². The molecule has 36 heavy (non-hydrogen) atoms. The number of hydrogen-bond donors (Lipinski definition) is 3. The fourth-order valence-electron chi connectivity index (χ4n) is 3.81. The van der Waals surface area contributed by atoms with Gasteiger partial charge in [-0.2, -0.15) is 10.2 Å². The zero-order chi connectivity index (χ0) is 25.7. The highest BCUT2D eigenvalue weighted by molar-refractivity contribution is 5.72. The standard InChI is InChI=1S/C21H23F4N7O4/c1-10-7-32-13(5-11(31-32)8-35-21(23,24)25)18(26-10)27-15-6-12(29-30-15)17-16(22)14(9-34-17)36-19(33)28-20(2)3-4-20/h5-7,14,16-17H,3-4,8-9H2,1-2H3,(H,28,33)(H2,26,27,29,30)/t14-,16-,17-/m1/s1. The van der Waals surface area contributed by atoms with Crippen LogP contribution in [0.3, 0.4) is 0 Å². The average molecular weight is 513 g/mol. The van der Waals surface area contributed by atoms with Crippen molar-refractivity contribution in [2.75, 3.05) is 11.9 Å². The second-order valence-corrected chi connectivity index (χ2v) is 9.09. The van der Waals surface area contributed by atoms with Crippen LogP contribution in [0.4, 0.5) is 34.0 Å². The number of aromatic nitrogens is 5. The van der Waals surface area contributed by atoms with Gasteiger partial charge >= 0.3 is 12.5 Å². The Hall–Kier alpha value is -3.46. The fraction of sp³-hybridized carbons (Fsp3) is 0.524. The van der Waals surface area contributed by atoms with E-state index in [1.807, 2.05) is 6.92 Å². The third-order valence-electron chi connectivity index (χ3n) is 5.91. The molecule has 15 heteroatoms. The van der Waals surface area contributed by atoms with Crippen LogP contribution in [-0.4, -0.2) is 61.7 Å². The topological polar surface area (TPSA) is 128 Å². The molecular formula is C21H23F4N7O4. The summed E-state index contributed by atoms with van der Waals surface area (Å²) >= 11 is 0. The minimum absolute atomic E-state index is 0.0517. The van der Waals surface area contributed by atoms with Crippen molar-refractivity contribution in [1.29, 1.82) is 0 Å². The summed E-state index contributed by atoms with van der Waals surface area (Å²) in [6.07, 6.45) is -5.95. The highest BCUT2D eigenvalue weighted by Gasteiger charge is 2.44. The first kappa shape index (κ1) is 24.2. The number of amides is 1. The van der Waals surface area contributed by atoms with Gasteiger partial charge in [0.15, 0.2) is 23.9 Å². The molecule has 0 unspecified atom stereocenters. The van der Waals surface area contributed by atoms with Gasteiger partial charge in [0.1, 0.15) is 18.2 Å². The molecular weight excluding hydrogens is 490 g/mol. The molecule has 1 aliphatic carbocycles. The summed E-state index contributed by atoms with van der Waals surface area (Å²) in [7, 11) is 0. The van der Waals surface area contributed by atoms with E-state index in [-0.39, 0.29) is 29.5 Å². The Bertz CT molecular complexity index is 1270. The number of aromatic amines is 1. The maximum atomic E-state index is 15.0. The van der Waals surface area contributed by atoms with Gasteiger partial charge < -0.3 is 20.1 Å². The molecule has 1 saturated heterocycles. The summed E-state index contributed by atoms with van der Waals surface area (Å²) in [5.74, 6) is 0.535. The van der Waals surface area contributed by atoms with Gasteiger partial charge in [0.25, 0.3) is 0 Å². The molecule has 1 aliphatic heterocycles. The van der Waals surface area contributed by atoms with E-state index in [9.17, 15) is 22.4 Å². The third-order valence-corrected chi connectivity index (χ3v) is 5.91. The van der Waals surface area contributed by atoms with Gasteiger partial charge in [0.05, 0.1) is 29.9 Å². The highest BCUT2D eigenvalue weighted by Crippen LogP contribution is 2.36. The number of ether oxygens (including phenoxy) is 3. The number of rotatable bonds is 7. The molecule has 0 aromatic carbocycles. The normalized spacial score (nSPS) is 23.1. The van der Waals surface area contributed by atoms with Crippen LogP contribution in [-0.2, 0) is 20.8 Å². The van der Waals surface area contributed by atoms with Crippen molar-refractivity contribution in [2.45, 2.75) is 63.6 Å². The molecule has 2 fully saturated rings. The van der Waals surface area contributed by atoms with Crippen molar-refractivity contribution >= 4 is 23.2 Å². The maximum absolute atomic E-state index is 15.0. The Kier molecular flexibility index (Phi) is 5.98. The van der Waals surface area contributed by atoms with Crippen molar-refractivity contribution in [1.82, 2.24) is 30.1 Å². The van der Waals surface area contributed by atoms with E-state index in [2.05, 4.69) is 35.7 Å². The van der Waals surface area contributed by atoms with E-state index >= 15 is 0 Å². The molecule has 11 nitrogen and oxygen atoms in total. The van der Waals surface area contributed by atoms with Crippen LogP contribution in [0.2, 0.25) is 0 Å². The molecule has 3 aromatic rings. The van der Waals surface area contributed by atoms with Crippen molar-refractivity contribution < 1.29 is 36.6 Å². The highest BCUT2D eigenvalue weighted by atomic mass is 19.4. The van der Waals surface area contributed by atoms with Crippen molar-refractivity contribution in [3.63, 3.8) is 0 Å². The lowest BCUT2D eigenvalue weighted by molar-refractivity contribution is -0.330. The number of H-pyrrole nitrogens is 1. The Morgan fingerprint density at radius 1 is 1.36 bits per heavy atom. The number of carbonyl (C=O) groups excluding carboxylic acids is 1. The fourth-order valence-corrected chi connectivity index (χ4v) is 3.81. The van der Waals surface area contributed by atoms with Gasteiger partial charge in [-0.15, -0.1) is 13.2 Å². The largest absolute Gasteiger partial charge is 0.522 e. The Morgan fingerprint density at radius 3 is 2.86 bits per heavy atom. The summed E-state index contributed by atoms with van der Waals surface area (Å²) < 4.78 is 68.1. The van der Waals surface area contributed by atoms with Gasteiger partial charge in [0.2, 0.25) is 0 Å². The lowest BCUT2D eigenvalue weighted by atomic mass is 10.1. The van der Waals surface area contributed by atoms with Gasteiger partial charge in [-0.3, -0.25) is 9.84 Å². The monoisotopic (exact) mass is 513 g/mol. The van der Waals surface area contributed by atoms with Crippen LogP contribution in [0.5, 0.6) is 0 Å². The van der Waals surface area contributed by atoms with E-state index in [0.29, 0.717) is 16.9 Å². The van der Waals surface area contributed by atoms with Crippen LogP contribution < -0.4 is 10.6 Å². The Labute approximate surface area is 201 Å². The Morgan fingerprint density at radius 2 is 2.14 bits per heavy atom.